The molecule has 0 unspecified atom stereocenters. The molecule has 0 saturated heterocycles. The first-order chi connectivity index (χ1) is 16.0. The molecule has 10 heteroatoms. The maximum Gasteiger partial charge on any atom is 0.278 e. The van der Waals surface area contributed by atoms with Gasteiger partial charge in [-0.3, -0.25) is 24.3 Å². The monoisotopic (exact) mass is 459 g/mol. The van der Waals surface area contributed by atoms with Gasteiger partial charge in [-0.15, -0.1) is 0 Å². The summed E-state index contributed by atoms with van der Waals surface area (Å²) >= 11 is 1.09. The van der Waals surface area contributed by atoms with Gasteiger partial charge >= 0.3 is 0 Å². The molecule has 0 spiro atoms. The van der Waals surface area contributed by atoms with Gasteiger partial charge in [-0.2, -0.15) is 5.10 Å². The van der Waals surface area contributed by atoms with E-state index in [4.69, 9.17) is 0 Å². The number of benzene rings is 3. The average molecular weight is 459 g/mol. The lowest BCUT2D eigenvalue weighted by Crippen LogP contribution is -2.24. The maximum atomic E-state index is 13.1. The number of hydrogen-bond donors (Lipinski definition) is 1. The van der Waals surface area contributed by atoms with Gasteiger partial charge in [0.25, 0.3) is 17.2 Å². The Morgan fingerprint density at radius 2 is 1.76 bits per heavy atom. The number of nitro groups is 1. The number of rotatable bonds is 7. The Bertz CT molecular complexity index is 1420. The first-order valence-corrected chi connectivity index (χ1v) is 10.8. The number of nitrogens with one attached hydrogen (secondary N) is 1. The quantitative estimate of drug-likeness (QED) is 0.148. The molecule has 164 valence electrons. The molecular weight excluding hydrogens is 442 g/mol. The predicted octanol–water partition coefficient (Wildman–Crippen LogP) is 3.54. The molecule has 1 heterocycles. The maximum absolute atomic E-state index is 13.1. The van der Waals surface area contributed by atoms with E-state index in [1.165, 1.54) is 22.9 Å². The Balaban J connectivity index is 1.54. The van der Waals surface area contributed by atoms with Gasteiger partial charge in [0, 0.05) is 6.07 Å². The third kappa shape index (κ3) is 4.96. The summed E-state index contributed by atoms with van der Waals surface area (Å²) in [6.07, 6.45) is 1.22. The molecule has 3 aromatic carbocycles. The van der Waals surface area contributed by atoms with Crippen LogP contribution in [0.25, 0.3) is 16.6 Å². The highest BCUT2D eigenvalue weighted by atomic mass is 32.2. The van der Waals surface area contributed by atoms with E-state index >= 15 is 0 Å². The summed E-state index contributed by atoms with van der Waals surface area (Å²) in [5, 5.41) is 15.7. The molecule has 1 amide bonds. The van der Waals surface area contributed by atoms with Crippen LogP contribution >= 0.6 is 11.8 Å². The molecule has 0 saturated carbocycles. The molecule has 4 aromatic rings. The van der Waals surface area contributed by atoms with Crippen molar-refractivity contribution in [3.63, 3.8) is 0 Å². The van der Waals surface area contributed by atoms with E-state index in [0.717, 1.165) is 11.8 Å². The number of nitro benzene ring substituents is 1. The van der Waals surface area contributed by atoms with Gasteiger partial charge in [0.1, 0.15) is 0 Å². The normalized spacial score (nSPS) is 11.0. The summed E-state index contributed by atoms with van der Waals surface area (Å²) in [4.78, 5) is 40.6. The van der Waals surface area contributed by atoms with Crippen molar-refractivity contribution in [1.29, 1.82) is 0 Å². The average Bonchev–Trinajstić information content (AvgIpc) is 2.83. The second-order valence-electron chi connectivity index (χ2n) is 6.79. The first-order valence-electron chi connectivity index (χ1n) is 9.80. The lowest BCUT2D eigenvalue weighted by Gasteiger charge is -2.12. The van der Waals surface area contributed by atoms with Crippen molar-refractivity contribution in [2.24, 2.45) is 5.10 Å². The number of nitrogens with zero attached hydrogens (tertiary/aromatic N) is 4. The Hall–Kier alpha value is -4.31. The Labute approximate surface area is 191 Å². The summed E-state index contributed by atoms with van der Waals surface area (Å²) in [5.41, 5.74) is 3.44. The van der Waals surface area contributed by atoms with Crippen LogP contribution in [-0.2, 0) is 4.79 Å². The van der Waals surface area contributed by atoms with Gasteiger partial charge in [-0.25, -0.2) is 10.4 Å². The molecule has 0 aliphatic heterocycles. The van der Waals surface area contributed by atoms with E-state index in [0.29, 0.717) is 21.7 Å². The van der Waals surface area contributed by atoms with E-state index < -0.39 is 10.8 Å². The second kappa shape index (κ2) is 9.88. The highest BCUT2D eigenvalue weighted by Gasteiger charge is 2.15. The number of thioether (sulfide) groups is 1. The zero-order valence-corrected chi connectivity index (χ0v) is 17.9. The molecule has 9 nitrogen and oxygen atoms in total. The molecule has 1 aromatic heterocycles. The third-order valence-corrected chi connectivity index (χ3v) is 5.56. The van der Waals surface area contributed by atoms with Crippen LogP contribution < -0.4 is 11.0 Å². The number of hydrazone groups is 1. The van der Waals surface area contributed by atoms with Gasteiger partial charge in [0.05, 0.1) is 39.0 Å². The van der Waals surface area contributed by atoms with Gasteiger partial charge in [-0.05, 0) is 30.3 Å². The number of carbonyl (C=O) groups is 1. The second-order valence-corrected chi connectivity index (χ2v) is 7.73. The predicted molar refractivity (Wildman–Crippen MR) is 127 cm³/mol. The smallest absolute Gasteiger partial charge is 0.272 e. The fourth-order valence-electron chi connectivity index (χ4n) is 3.11. The number of fused-ring (bicyclic) bond motifs is 1. The van der Waals surface area contributed by atoms with E-state index in [9.17, 15) is 19.7 Å². The van der Waals surface area contributed by atoms with Crippen LogP contribution in [0, 0.1) is 10.1 Å². The van der Waals surface area contributed by atoms with E-state index in [-0.39, 0.29) is 22.6 Å². The zero-order valence-electron chi connectivity index (χ0n) is 17.1. The van der Waals surface area contributed by atoms with Crippen LogP contribution in [0.5, 0.6) is 0 Å². The van der Waals surface area contributed by atoms with Crippen molar-refractivity contribution in [3.8, 4) is 5.69 Å². The fourth-order valence-corrected chi connectivity index (χ4v) is 3.92. The number of para-hydroxylation sites is 3. The molecule has 0 aliphatic rings. The van der Waals surface area contributed by atoms with E-state index in [2.05, 4.69) is 15.5 Å². The molecule has 0 atom stereocenters. The molecule has 33 heavy (non-hydrogen) atoms. The number of aromatic nitrogens is 2. The van der Waals surface area contributed by atoms with Crippen molar-refractivity contribution in [2.45, 2.75) is 5.16 Å². The standard InChI is InChI=1S/C23H17N5O4S/c29-21(26-24-14-16-8-4-7-13-20(16)28(31)32)15-33-23-25-19-12-6-5-11-18(19)22(30)27(23)17-9-2-1-3-10-17/h1-14H,15H2,(H,26,29). The topological polar surface area (TPSA) is 119 Å². The lowest BCUT2D eigenvalue weighted by atomic mass is 10.2. The summed E-state index contributed by atoms with van der Waals surface area (Å²) in [5.74, 6) is -0.511. The molecular formula is C23H17N5O4S. The van der Waals surface area contributed by atoms with Crippen LogP contribution in [-0.4, -0.2) is 32.3 Å². The Morgan fingerprint density at radius 3 is 2.55 bits per heavy atom. The van der Waals surface area contributed by atoms with Gasteiger partial charge < -0.3 is 0 Å². The van der Waals surface area contributed by atoms with Gasteiger partial charge in [0.15, 0.2) is 5.16 Å². The molecule has 1 N–H and O–H groups in total. The Morgan fingerprint density at radius 1 is 1.06 bits per heavy atom. The summed E-state index contributed by atoms with van der Waals surface area (Å²) in [7, 11) is 0. The van der Waals surface area contributed by atoms with E-state index in [1.54, 1.807) is 48.5 Å². The SMILES string of the molecule is O=C(CSc1nc2ccccc2c(=O)n1-c1ccccc1)NN=Cc1ccccc1[N+](=O)[O-]. The zero-order chi connectivity index (χ0) is 23.2. The number of carbonyl (C=O) groups excluding carboxylic acids is 1. The van der Waals surface area contributed by atoms with Crippen LogP contribution in [0.1, 0.15) is 5.56 Å². The Kier molecular flexibility index (Phi) is 6.56. The fraction of sp³-hybridized carbons (Fsp3) is 0.0435. The largest absolute Gasteiger partial charge is 0.278 e. The van der Waals surface area contributed by atoms with Gasteiger partial charge in [0.2, 0.25) is 0 Å². The van der Waals surface area contributed by atoms with Gasteiger partial charge in [-0.1, -0.05) is 54.2 Å². The molecule has 0 aliphatic carbocycles. The minimum atomic E-state index is -0.521. The van der Waals surface area contributed by atoms with Crippen molar-refractivity contribution in [1.82, 2.24) is 15.0 Å². The van der Waals surface area contributed by atoms with Crippen molar-refractivity contribution in [3.05, 3.63) is 105 Å². The molecule has 4 rings (SSSR count). The first kappa shape index (κ1) is 21.9. The number of amides is 1. The molecule has 0 bridgehead atoms. The number of hydrogen-bond acceptors (Lipinski definition) is 7. The summed E-state index contributed by atoms with van der Waals surface area (Å²) in [6, 6.07) is 22.1. The third-order valence-electron chi connectivity index (χ3n) is 4.62. The lowest BCUT2D eigenvalue weighted by molar-refractivity contribution is -0.385. The van der Waals surface area contributed by atoms with E-state index in [1.807, 2.05) is 18.2 Å². The summed E-state index contributed by atoms with van der Waals surface area (Å²) < 4.78 is 1.47. The molecule has 0 fully saturated rings. The van der Waals surface area contributed by atoms with Crippen LogP contribution in [0.15, 0.2) is 93.9 Å². The van der Waals surface area contributed by atoms with Crippen LogP contribution in [0.2, 0.25) is 0 Å². The van der Waals surface area contributed by atoms with Crippen molar-refractivity contribution in [2.75, 3.05) is 5.75 Å². The molecule has 0 radical (unpaired) electrons. The summed E-state index contributed by atoms with van der Waals surface area (Å²) in [6.45, 7) is 0. The minimum absolute atomic E-state index is 0.0637. The minimum Gasteiger partial charge on any atom is -0.272 e. The highest BCUT2D eigenvalue weighted by molar-refractivity contribution is 7.99. The van der Waals surface area contributed by atoms with Crippen LogP contribution in [0.3, 0.4) is 0 Å². The van der Waals surface area contributed by atoms with Crippen LogP contribution in [0.4, 0.5) is 5.69 Å². The van der Waals surface area contributed by atoms with Crippen molar-refractivity contribution < 1.29 is 9.72 Å². The van der Waals surface area contributed by atoms with Crippen molar-refractivity contribution >= 4 is 40.5 Å². The highest BCUT2D eigenvalue weighted by Crippen LogP contribution is 2.21.